The first-order chi connectivity index (χ1) is 13.9. The SMILES string of the molecule is CCNC(=NCc1cccc(S(=O)(=O)NC)c1)N(C)Cc1ccc(OCC)cc1. The molecule has 7 nitrogen and oxygen atoms in total. The molecule has 0 aliphatic carbocycles. The highest BCUT2D eigenvalue weighted by Gasteiger charge is 2.12. The summed E-state index contributed by atoms with van der Waals surface area (Å²) >= 11 is 0. The van der Waals surface area contributed by atoms with Gasteiger partial charge in [0.25, 0.3) is 0 Å². The van der Waals surface area contributed by atoms with E-state index < -0.39 is 10.0 Å². The van der Waals surface area contributed by atoms with Crippen LogP contribution < -0.4 is 14.8 Å². The molecule has 2 rings (SSSR count). The minimum absolute atomic E-state index is 0.237. The number of sulfonamides is 1. The third-order valence-corrected chi connectivity index (χ3v) is 5.65. The predicted octanol–water partition coefficient (Wildman–Crippen LogP) is 2.59. The molecule has 2 N–H and O–H groups in total. The maximum atomic E-state index is 12.0. The van der Waals surface area contributed by atoms with Crippen molar-refractivity contribution in [3.63, 3.8) is 0 Å². The van der Waals surface area contributed by atoms with E-state index >= 15 is 0 Å². The number of hydrogen-bond donors (Lipinski definition) is 2. The summed E-state index contributed by atoms with van der Waals surface area (Å²) in [5.74, 6) is 1.61. The molecule has 0 fully saturated rings. The third-order valence-electron chi connectivity index (χ3n) is 4.24. The Labute approximate surface area is 173 Å². The molecule has 0 saturated carbocycles. The summed E-state index contributed by atoms with van der Waals surface area (Å²) < 4.78 is 31.8. The molecule has 0 bridgehead atoms. The van der Waals surface area contributed by atoms with Crippen molar-refractivity contribution >= 4 is 16.0 Å². The average Bonchev–Trinajstić information content (AvgIpc) is 2.73. The van der Waals surface area contributed by atoms with E-state index in [1.165, 1.54) is 7.05 Å². The van der Waals surface area contributed by atoms with Crippen molar-refractivity contribution in [2.45, 2.75) is 31.8 Å². The van der Waals surface area contributed by atoms with Crippen molar-refractivity contribution in [1.29, 1.82) is 0 Å². The standard InChI is InChI=1S/C21H30N4O3S/c1-5-23-21(25(4)16-17-10-12-19(13-11-17)28-6-2)24-15-18-8-7-9-20(14-18)29(26,27)22-3/h7-14,22H,5-6,15-16H2,1-4H3,(H,23,24). The Morgan fingerprint density at radius 2 is 1.83 bits per heavy atom. The zero-order chi connectivity index (χ0) is 21.3. The molecule has 0 atom stereocenters. The number of benzene rings is 2. The van der Waals surface area contributed by atoms with Gasteiger partial charge in [0, 0.05) is 20.1 Å². The first-order valence-electron chi connectivity index (χ1n) is 9.63. The van der Waals surface area contributed by atoms with Crippen molar-refractivity contribution in [3.05, 3.63) is 59.7 Å². The number of rotatable bonds is 9. The molecule has 158 valence electrons. The molecule has 8 heteroatoms. The monoisotopic (exact) mass is 418 g/mol. The first kappa shape index (κ1) is 22.7. The second-order valence-electron chi connectivity index (χ2n) is 6.46. The fourth-order valence-electron chi connectivity index (χ4n) is 2.77. The molecular formula is C21H30N4O3S. The van der Waals surface area contributed by atoms with Gasteiger partial charge in [-0.1, -0.05) is 24.3 Å². The minimum Gasteiger partial charge on any atom is -0.494 e. The Bertz CT molecular complexity index is 912. The van der Waals surface area contributed by atoms with Crippen LogP contribution in [0.3, 0.4) is 0 Å². The van der Waals surface area contributed by atoms with E-state index in [-0.39, 0.29) is 4.90 Å². The second kappa shape index (κ2) is 10.8. The molecule has 0 amide bonds. The van der Waals surface area contributed by atoms with Crippen molar-refractivity contribution in [2.24, 2.45) is 4.99 Å². The predicted molar refractivity (Wildman–Crippen MR) is 117 cm³/mol. The summed E-state index contributed by atoms with van der Waals surface area (Å²) in [5, 5.41) is 3.28. The van der Waals surface area contributed by atoms with Crippen LogP contribution in [0.4, 0.5) is 0 Å². The summed E-state index contributed by atoms with van der Waals surface area (Å²) in [4.78, 5) is 6.94. The fourth-order valence-corrected chi connectivity index (χ4v) is 3.57. The molecule has 0 saturated heterocycles. The molecular weight excluding hydrogens is 388 g/mol. The van der Waals surface area contributed by atoms with Gasteiger partial charge in [-0.15, -0.1) is 0 Å². The van der Waals surface area contributed by atoms with E-state index in [0.29, 0.717) is 19.7 Å². The Kier molecular flexibility index (Phi) is 8.48. The van der Waals surface area contributed by atoms with Crippen molar-refractivity contribution < 1.29 is 13.2 Å². The lowest BCUT2D eigenvalue weighted by Gasteiger charge is -2.22. The lowest BCUT2D eigenvalue weighted by molar-refractivity contribution is 0.340. The van der Waals surface area contributed by atoms with E-state index in [2.05, 4.69) is 15.0 Å². The Hall–Kier alpha value is -2.58. The van der Waals surface area contributed by atoms with Crippen LogP contribution in [0.15, 0.2) is 58.4 Å². The first-order valence-corrected chi connectivity index (χ1v) is 11.1. The molecule has 0 heterocycles. The summed E-state index contributed by atoms with van der Waals surface area (Å²) in [5.41, 5.74) is 1.97. The number of guanidine groups is 1. The van der Waals surface area contributed by atoms with Crippen LogP contribution in [0, 0.1) is 0 Å². The van der Waals surface area contributed by atoms with Crippen LogP contribution in [-0.2, 0) is 23.1 Å². The van der Waals surface area contributed by atoms with E-state index in [4.69, 9.17) is 4.74 Å². The Morgan fingerprint density at radius 3 is 2.45 bits per heavy atom. The summed E-state index contributed by atoms with van der Waals surface area (Å²) in [6, 6.07) is 14.8. The zero-order valence-electron chi connectivity index (χ0n) is 17.5. The molecule has 0 unspecified atom stereocenters. The second-order valence-corrected chi connectivity index (χ2v) is 8.34. The number of ether oxygens (including phenoxy) is 1. The maximum absolute atomic E-state index is 12.0. The Balaban J connectivity index is 2.11. The van der Waals surface area contributed by atoms with Crippen molar-refractivity contribution in [3.8, 4) is 5.75 Å². The van der Waals surface area contributed by atoms with E-state index in [0.717, 1.165) is 29.4 Å². The smallest absolute Gasteiger partial charge is 0.240 e. The lowest BCUT2D eigenvalue weighted by Crippen LogP contribution is -2.38. The van der Waals surface area contributed by atoms with Crippen LogP contribution in [0.1, 0.15) is 25.0 Å². The normalized spacial score (nSPS) is 11.9. The van der Waals surface area contributed by atoms with Gasteiger partial charge >= 0.3 is 0 Å². The summed E-state index contributed by atoms with van der Waals surface area (Å²) in [6.07, 6.45) is 0. The molecule has 0 spiro atoms. The van der Waals surface area contributed by atoms with Gasteiger partial charge in [0.2, 0.25) is 10.0 Å². The van der Waals surface area contributed by atoms with Crippen LogP contribution in [0.5, 0.6) is 5.75 Å². The van der Waals surface area contributed by atoms with Gasteiger partial charge in [-0.25, -0.2) is 18.1 Å². The van der Waals surface area contributed by atoms with Crippen LogP contribution in [-0.4, -0.2) is 46.5 Å². The highest BCUT2D eigenvalue weighted by Crippen LogP contribution is 2.14. The number of nitrogens with one attached hydrogen (secondary N) is 2. The minimum atomic E-state index is -3.47. The highest BCUT2D eigenvalue weighted by atomic mass is 32.2. The van der Waals surface area contributed by atoms with Crippen LogP contribution >= 0.6 is 0 Å². The summed E-state index contributed by atoms with van der Waals surface area (Å²) in [7, 11) is -0.0949. The van der Waals surface area contributed by atoms with Crippen molar-refractivity contribution in [1.82, 2.24) is 14.9 Å². The lowest BCUT2D eigenvalue weighted by atomic mass is 10.2. The van der Waals surface area contributed by atoms with Gasteiger partial charge in [-0.05, 0) is 56.3 Å². The molecule has 0 aliphatic rings. The topological polar surface area (TPSA) is 83.0 Å². The Morgan fingerprint density at radius 1 is 1.10 bits per heavy atom. The number of hydrogen-bond acceptors (Lipinski definition) is 4. The molecule has 0 radical (unpaired) electrons. The van der Waals surface area contributed by atoms with E-state index in [1.54, 1.807) is 18.2 Å². The van der Waals surface area contributed by atoms with Crippen molar-refractivity contribution in [2.75, 3.05) is 27.2 Å². The van der Waals surface area contributed by atoms with E-state index in [1.807, 2.05) is 56.1 Å². The molecule has 0 aliphatic heterocycles. The van der Waals surface area contributed by atoms with Gasteiger partial charge in [0.05, 0.1) is 18.0 Å². The maximum Gasteiger partial charge on any atom is 0.240 e. The molecule has 2 aromatic rings. The van der Waals surface area contributed by atoms with Gasteiger partial charge in [-0.2, -0.15) is 0 Å². The highest BCUT2D eigenvalue weighted by molar-refractivity contribution is 7.89. The van der Waals surface area contributed by atoms with Gasteiger partial charge in [0.1, 0.15) is 5.75 Å². The third kappa shape index (κ3) is 6.76. The zero-order valence-corrected chi connectivity index (χ0v) is 18.3. The quantitative estimate of drug-likeness (QED) is 0.483. The average molecular weight is 419 g/mol. The molecule has 0 aromatic heterocycles. The largest absolute Gasteiger partial charge is 0.494 e. The van der Waals surface area contributed by atoms with Gasteiger partial charge in [-0.3, -0.25) is 0 Å². The molecule has 29 heavy (non-hydrogen) atoms. The fraction of sp³-hybridized carbons (Fsp3) is 0.381. The van der Waals surface area contributed by atoms with E-state index in [9.17, 15) is 8.42 Å². The molecule has 2 aromatic carbocycles. The number of aliphatic imine (C=N–C) groups is 1. The van der Waals surface area contributed by atoms with Gasteiger partial charge in [0.15, 0.2) is 5.96 Å². The van der Waals surface area contributed by atoms with Crippen LogP contribution in [0.25, 0.3) is 0 Å². The van der Waals surface area contributed by atoms with Gasteiger partial charge < -0.3 is 15.0 Å². The van der Waals surface area contributed by atoms with Crippen LogP contribution in [0.2, 0.25) is 0 Å². The summed E-state index contributed by atoms with van der Waals surface area (Å²) in [6.45, 7) is 6.43. The number of nitrogens with zero attached hydrogens (tertiary/aromatic N) is 2.